The van der Waals surface area contributed by atoms with Gasteiger partial charge in [0.1, 0.15) is 23.8 Å². The number of phenolic OH excluding ortho intramolecular Hbond substituents is 1. The average Bonchev–Trinajstić information content (AvgIpc) is 2.31. The summed E-state index contributed by atoms with van der Waals surface area (Å²) in [5.41, 5.74) is 6.99. The zero-order valence-electron chi connectivity index (χ0n) is 9.06. The van der Waals surface area contributed by atoms with Gasteiger partial charge in [-0.25, -0.2) is 0 Å². The van der Waals surface area contributed by atoms with Crippen LogP contribution in [0.4, 0.5) is 5.69 Å². The molecule has 3 nitrogen and oxygen atoms in total. The molecule has 0 radical (unpaired) electrons. The van der Waals surface area contributed by atoms with Gasteiger partial charge < -0.3 is 15.6 Å². The molecule has 0 bridgehead atoms. The summed E-state index contributed by atoms with van der Waals surface area (Å²) in [5, 5.41) is 9.43. The molecule has 0 saturated carbocycles. The lowest BCUT2D eigenvalue weighted by Gasteiger charge is -2.09. The number of nitrogens with two attached hydrogens (primary N) is 1. The van der Waals surface area contributed by atoms with Gasteiger partial charge in [-0.1, -0.05) is 34.1 Å². The van der Waals surface area contributed by atoms with E-state index >= 15 is 0 Å². The fourth-order valence-electron chi connectivity index (χ4n) is 1.45. The number of hydrogen-bond donors (Lipinski definition) is 2. The second kappa shape index (κ2) is 5.10. The Balaban J connectivity index is 2.10. The highest BCUT2D eigenvalue weighted by atomic mass is 79.9. The van der Waals surface area contributed by atoms with Crippen LogP contribution in [0, 0.1) is 0 Å². The number of rotatable bonds is 3. The number of aromatic hydroxyl groups is 1. The van der Waals surface area contributed by atoms with Crippen LogP contribution in [-0.2, 0) is 6.61 Å². The van der Waals surface area contributed by atoms with E-state index in [1.165, 1.54) is 6.07 Å². The highest BCUT2D eigenvalue weighted by molar-refractivity contribution is 9.10. The van der Waals surface area contributed by atoms with Crippen molar-refractivity contribution < 1.29 is 9.84 Å². The molecule has 2 rings (SSSR count). The van der Waals surface area contributed by atoms with Crippen LogP contribution in [0.1, 0.15) is 5.56 Å². The number of halogens is 1. The van der Waals surface area contributed by atoms with Crippen molar-refractivity contribution in [3.8, 4) is 11.5 Å². The summed E-state index contributed by atoms with van der Waals surface area (Å²) in [7, 11) is 0. The van der Waals surface area contributed by atoms with E-state index in [0.29, 0.717) is 12.4 Å². The monoisotopic (exact) mass is 293 g/mol. The Morgan fingerprint density at radius 1 is 1.18 bits per heavy atom. The highest BCUT2D eigenvalue weighted by Gasteiger charge is 2.04. The van der Waals surface area contributed by atoms with Crippen LogP contribution in [0.3, 0.4) is 0 Å². The van der Waals surface area contributed by atoms with Crippen molar-refractivity contribution in [1.82, 2.24) is 0 Å². The van der Waals surface area contributed by atoms with E-state index in [4.69, 9.17) is 10.5 Å². The Bertz CT molecular complexity index is 529. The predicted octanol–water partition coefficient (Wildman–Crippen LogP) is 3.32. The molecule has 2 aromatic rings. The standard InChI is InChI=1S/C13H12BrNO2/c14-10-4-1-3-9(7-10)8-17-12-6-2-5-11(16)13(12)15/h1-7,16H,8,15H2. The third kappa shape index (κ3) is 2.91. The van der Waals surface area contributed by atoms with Gasteiger partial charge in [0.25, 0.3) is 0 Å². The first-order valence-corrected chi connectivity index (χ1v) is 5.91. The molecular weight excluding hydrogens is 282 g/mol. The van der Waals surface area contributed by atoms with E-state index in [-0.39, 0.29) is 11.4 Å². The third-order valence-electron chi connectivity index (χ3n) is 2.33. The molecule has 0 aliphatic rings. The molecule has 0 spiro atoms. The zero-order valence-corrected chi connectivity index (χ0v) is 10.6. The predicted molar refractivity (Wildman–Crippen MR) is 71.0 cm³/mol. The number of hydrogen-bond acceptors (Lipinski definition) is 3. The van der Waals surface area contributed by atoms with E-state index in [2.05, 4.69) is 15.9 Å². The molecule has 0 atom stereocenters. The Morgan fingerprint density at radius 3 is 2.71 bits per heavy atom. The van der Waals surface area contributed by atoms with Gasteiger partial charge >= 0.3 is 0 Å². The highest BCUT2D eigenvalue weighted by Crippen LogP contribution is 2.30. The molecule has 0 aromatic heterocycles. The van der Waals surface area contributed by atoms with Crippen molar-refractivity contribution in [1.29, 1.82) is 0 Å². The van der Waals surface area contributed by atoms with Crippen molar-refractivity contribution in [2.24, 2.45) is 0 Å². The average molecular weight is 294 g/mol. The summed E-state index contributed by atoms with van der Waals surface area (Å²) in [5.74, 6) is 0.529. The Morgan fingerprint density at radius 2 is 1.94 bits per heavy atom. The molecule has 3 N–H and O–H groups in total. The molecule has 4 heteroatoms. The van der Waals surface area contributed by atoms with Gasteiger partial charge in [-0.2, -0.15) is 0 Å². The lowest BCUT2D eigenvalue weighted by molar-refractivity contribution is 0.306. The number of para-hydroxylation sites is 1. The van der Waals surface area contributed by atoms with E-state index in [1.54, 1.807) is 12.1 Å². The van der Waals surface area contributed by atoms with Gasteiger partial charge in [-0.15, -0.1) is 0 Å². The normalized spacial score (nSPS) is 10.2. The molecule has 0 fully saturated rings. The fourth-order valence-corrected chi connectivity index (χ4v) is 1.89. The SMILES string of the molecule is Nc1c(O)cccc1OCc1cccc(Br)c1. The smallest absolute Gasteiger partial charge is 0.146 e. The Hall–Kier alpha value is -1.68. The van der Waals surface area contributed by atoms with Crippen LogP contribution >= 0.6 is 15.9 Å². The largest absolute Gasteiger partial charge is 0.506 e. The van der Waals surface area contributed by atoms with Crippen molar-refractivity contribution in [3.63, 3.8) is 0 Å². The first-order valence-electron chi connectivity index (χ1n) is 5.11. The molecule has 0 aliphatic heterocycles. The summed E-state index contributed by atoms with van der Waals surface area (Å²) in [4.78, 5) is 0. The number of ether oxygens (including phenoxy) is 1. The van der Waals surface area contributed by atoms with Crippen LogP contribution in [0.15, 0.2) is 46.9 Å². The van der Waals surface area contributed by atoms with Crippen LogP contribution in [-0.4, -0.2) is 5.11 Å². The minimum atomic E-state index is 0.0387. The van der Waals surface area contributed by atoms with E-state index in [9.17, 15) is 5.11 Å². The van der Waals surface area contributed by atoms with Gasteiger partial charge in [-0.3, -0.25) is 0 Å². The maximum absolute atomic E-state index is 9.43. The molecular formula is C13H12BrNO2. The van der Waals surface area contributed by atoms with Crippen molar-refractivity contribution in [2.75, 3.05) is 5.73 Å². The van der Waals surface area contributed by atoms with Crippen LogP contribution in [0.2, 0.25) is 0 Å². The molecule has 0 saturated heterocycles. The van der Waals surface area contributed by atoms with Gasteiger partial charge in [0.15, 0.2) is 0 Å². The summed E-state index contributed by atoms with van der Waals surface area (Å²) in [6.45, 7) is 0.410. The van der Waals surface area contributed by atoms with E-state index in [1.807, 2.05) is 24.3 Å². The van der Waals surface area contributed by atoms with Crippen LogP contribution in [0.25, 0.3) is 0 Å². The minimum Gasteiger partial charge on any atom is -0.506 e. The van der Waals surface area contributed by atoms with Gasteiger partial charge in [0.05, 0.1) is 0 Å². The third-order valence-corrected chi connectivity index (χ3v) is 2.82. The molecule has 0 amide bonds. The lowest BCUT2D eigenvalue weighted by Crippen LogP contribution is -1.98. The molecule has 88 valence electrons. The Labute approximate surface area is 108 Å². The van der Waals surface area contributed by atoms with Gasteiger partial charge in [0, 0.05) is 4.47 Å². The first-order chi connectivity index (χ1) is 8.16. The van der Waals surface area contributed by atoms with Gasteiger partial charge in [0.2, 0.25) is 0 Å². The zero-order chi connectivity index (χ0) is 12.3. The van der Waals surface area contributed by atoms with Crippen molar-refractivity contribution in [3.05, 3.63) is 52.5 Å². The molecule has 2 aromatic carbocycles. The number of nitrogen functional groups attached to an aromatic ring is 1. The number of benzene rings is 2. The maximum Gasteiger partial charge on any atom is 0.146 e. The minimum absolute atomic E-state index is 0.0387. The maximum atomic E-state index is 9.43. The molecule has 0 unspecified atom stereocenters. The first kappa shape index (κ1) is 11.8. The molecule has 0 heterocycles. The van der Waals surface area contributed by atoms with E-state index < -0.39 is 0 Å². The summed E-state index contributed by atoms with van der Waals surface area (Å²) in [6.07, 6.45) is 0. The number of anilines is 1. The topological polar surface area (TPSA) is 55.5 Å². The summed E-state index contributed by atoms with van der Waals surface area (Å²) < 4.78 is 6.56. The number of phenols is 1. The van der Waals surface area contributed by atoms with Gasteiger partial charge in [-0.05, 0) is 29.8 Å². The van der Waals surface area contributed by atoms with Crippen LogP contribution in [0.5, 0.6) is 11.5 Å². The van der Waals surface area contributed by atoms with Crippen molar-refractivity contribution in [2.45, 2.75) is 6.61 Å². The molecule has 0 aliphatic carbocycles. The van der Waals surface area contributed by atoms with Crippen molar-refractivity contribution >= 4 is 21.6 Å². The Kier molecular flexibility index (Phi) is 3.54. The fraction of sp³-hybridized carbons (Fsp3) is 0.0769. The second-order valence-electron chi connectivity index (χ2n) is 3.61. The van der Waals surface area contributed by atoms with E-state index in [0.717, 1.165) is 10.0 Å². The summed E-state index contributed by atoms with van der Waals surface area (Å²) in [6, 6.07) is 12.8. The lowest BCUT2D eigenvalue weighted by atomic mass is 10.2. The second-order valence-corrected chi connectivity index (χ2v) is 4.52. The quantitative estimate of drug-likeness (QED) is 0.674. The van der Waals surface area contributed by atoms with Crippen LogP contribution < -0.4 is 10.5 Å². The summed E-state index contributed by atoms with van der Waals surface area (Å²) >= 11 is 3.39. The molecule has 17 heavy (non-hydrogen) atoms.